The van der Waals surface area contributed by atoms with Crippen LogP contribution in [0.15, 0.2) is 51.5 Å². The third-order valence-corrected chi connectivity index (χ3v) is 8.40. The first-order chi connectivity index (χ1) is 20.3. The van der Waals surface area contributed by atoms with Crippen molar-refractivity contribution in [2.24, 2.45) is 17.8 Å². The molecule has 3 aliphatic rings. The Balaban J connectivity index is 1.41. The molecule has 2 saturated heterocycles. The number of hydrogen-bond acceptors (Lipinski definition) is 6. The zero-order valence-electron chi connectivity index (χ0n) is 23.0. The van der Waals surface area contributed by atoms with Crippen molar-refractivity contribution in [2.45, 2.75) is 57.7 Å². The molecule has 5 rings (SSSR count). The van der Waals surface area contributed by atoms with Crippen LogP contribution in [0.2, 0.25) is 0 Å². The number of furan rings is 1. The third-order valence-electron chi connectivity index (χ3n) is 8.40. The van der Waals surface area contributed by atoms with Crippen molar-refractivity contribution in [1.29, 1.82) is 0 Å². The Bertz CT molecular complexity index is 1440. The molecule has 232 valence electrons. The fraction of sp³-hybridized carbons (Fsp3) is 0.467. The first-order valence-corrected chi connectivity index (χ1v) is 13.8. The summed E-state index contributed by atoms with van der Waals surface area (Å²) in [6.45, 7) is 1.30. The van der Waals surface area contributed by atoms with Gasteiger partial charge in [-0.3, -0.25) is 9.59 Å². The summed E-state index contributed by atoms with van der Waals surface area (Å²) in [6, 6.07) is 4.08. The lowest BCUT2D eigenvalue weighted by atomic mass is 9.69. The minimum absolute atomic E-state index is 0.0110. The standard InChI is InChI=1S/C30H29F6NO6/c1-2-15(7-20-4-5-21(13-39)43-20)3-6-24-25-16(12-38)8-22-26(23(25)14-42-24)28(41)37(27(22)40)19-10-17(29(31,32)33)9-18(11-19)30(34,35)36/h4-5,7,9-11,22-24,26,38-39H,2-3,6,8,12-14H2,1H3/b15-7+/t22-,23+,24-,26-/m1/s1. The predicted molar refractivity (Wildman–Crippen MR) is 140 cm³/mol. The first-order valence-electron chi connectivity index (χ1n) is 13.8. The zero-order valence-corrected chi connectivity index (χ0v) is 23.0. The second-order valence-corrected chi connectivity index (χ2v) is 10.9. The summed E-state index contributed by atoms with van der Waals surface area (Å²) < 4.78 is 92.5. The number of fused-ring (bicyclic) bond motifs is 3. The highest BCUT2D eigenvalue weighted by atomic mass is 19.4. The fourth-order valence-electron chi connectivity index (χ4n) is 6.37. The smallest absolute Gasteiger partial charge is 0.416 e. The molecule has 43 heavy (non-hydrogen) atoms. The van der Waals surface area contributed by atoms with Crippen molar-refractivity contribution in [3.8, 4) is 0 Å². The van der Waals surface area contributed by atoms with E-state index in [1.165, 1.54) is 0 Å². The number of nitrogens with zero attached hydrogens (tertiary/aromatic N) is 1. The van der Waals surface area contributed by atoms with Gasteiger partial charge in [-0.2, -0.15) is 26.3 Å². The highest BCUT2D eigenvalue weighted by Gasteiger charge is 2.57. The summed E-state index contributed by atoms with van der Waals surface area (Å²) in [7, 11) is 0. The number of benzene rings is 1. The Kier molecular flexibility index (Phi) is 8.36. The number of carbonyl (C=O) groups excluding carboxylic acids is 2. The van der Waals surface area contributed by atoms with Crippen LogP contribution in [0.4, 0.5) is 32.0 Å². The third kappa shape index (κ3) is 5.89. The van der Waals surface area contributed by atoms with Crippen LogP contribution < -0.4 is 4.90 Å². The number of amides is 2. The Morgan fingerprint density at radius 2 is 1.65 bits per heavy atom. The Morgan fingerprint density at radius 3 is 2.21 bits per heavy atom. The lowest BCUT2D eigenvalue weighted by molar-refractivity contribution is -0.143. The Labute approximate surface area is 242 Å². The highest BCUT2D eigenvalue weighted by molar-refractivity contribution is 6.22. The molecular weight excluding hydrogens is 584 g/mol. The molecule has 1 aliphatic carbocycles. The van der Waals surface area contributed by atoms with Gasteiger partial charge in [0.2, 0.25) is 11.8 Å². The van der Waals surface area contributed by atoms with Crippen molar-refractivity contribution in [2.75, 3.05) is 18.1 Å². The van der Waals surface area contributed by atoms with Crippen LogP contribution in [0.3, 0.4) is 0 Å². The summed E-state index contributed by atoms with van der Waals surface area (Å²) in [4.78, 5) is 27.5. The van der Waals surface area contributed by atoms with Crippen LogP contribution >= 0.6 is 0 Å². The molecule has 2 aliphatic heterocycles. The van der Waals surface area contributed by atoms with E-state index in [-0.39, 0.29) is 25.7 Å². The molecule has 0 spiro atoms. The van der Waals surface area contributed by atoms with Gasteiger partial charge in [-0.05, 0) is 73.2 Å². The minimum Gasteiger partial charge on any atom is -0.459 e. The Hall–Kier alpha value is -3.42. The molecule has 1 aromatic carbocycles. The maximum Gasteiger partial charge on any atom is 0.416 e. The molecule has 0 bridgehead atoms. The van der Waals surface area contributed by atoms with Gasteiger partial charge in [-0.1, -0.05) is 12.5 Å². The number of hydrogen-bond donors (Lipinski definition) is 2. The van der Waals surface area contributed by atoms with E-state index in [0.717, 1.165) is 5.57 Å². The number of aliphatic hydroxyl groups is 2. The molecule has 1 aromatic heterocycles. The van der Waals surface area contributed by atoms with E-state index in [0.29, 0.717) is 59.0 Å². The quantitative estimate of drug-likeness (QED) is 0.219. The van der Waals surface area contributed by atoms with E-state index in [9.17, 15) is 46.1 Å². The van der Waals surface area contributed by atoms with E-state index in [2.05, 4.69) is 0 Å². The lowest BCUT2D eigenvalue weighted by Gasteiger charge is -2.31. The molecule has 2 fully saturated rings. The zero-order chi connectivity index (χ0) is 31.3. The number of alkyl halides is 6. The van der Waals surface area contributed by atoms with E-state index in [4.69, 9.17) is 9.15 Å². The molecule has 0 unspecified atom stereocenters. The molecule has 2 aromatic rings. The van der Waals surface area contributed by atoms with Gasteiger partial charge < -0.3 is 19.4 Å². The molecule has 4 atom stereocenters. The van der Waals surface area contributed by atoms with Crippen molar-refractivity contribution in [1.82, 2.24) is 0 Å². The minimum atomic E-state index is -5.15. The fourth-order valence-corrected chi connectivity index (χ4v) is 6.37. The van der Waals surface area contributed by atoms with Crippen LogP contribution in [0, 0.1) is 17.8 Å². The van der Waals surface area contributed by atoms with Gasteiger partial charge in [0.25, 0.3) is 0 Å². The van der Waals surface area contributed by atoms with Crippen LogP contribution in [0.1, 0.15) is 55.3 Å². The number of imide groups is 1. The summed E-state index contributed by atoms with van der Waals surface area (Å²) in [5.74, 6) is -3.58. The van der Waals surface area contributed by atoms with Gasteiger partial charge in [0.15, 0.2) is 0 Å². The van der Waals surface area contributed by atoms with Gasteiger partial charge in [0, 0.05) is 5.92 Å². The SMILES string of the molecule is CC/C(=C\c1ccc(CO)o1)CC[C@H]1OC[C@H]2C1=C(CO)C[C@H]1C(=O)N(c3cc(C(F)(F)F)cc(C(F)(F)F)c3)C(=O)[C@H]12. The normalized spacial score (nSPS) is 24.7. The predicted octanol–water partition coefficient (Wildman–Crippen LogP) is 5.90. The number of allylic oxidation sites excluding steroid dienone is 1. The number of anilines is 1. The summed E-state index contributed by atoms with van der Waals surface area (Å²) in [5, 5.41) is 19.4. The molecule has 0 saturated carbocycles. The maximum absolute atomic E-state index is 13.6. The van der Waals surface area contributed by atoms with Crippen molar-refractivity contribution >= 4 is 23.6 Å². The number of carbonyl (C=O) groups is 2. The largest absolute Gasteiger partial charge is 0.459 e. The summed E-state index contributed by atoms with van der Waals surface area (Å²) >= 11 is 0. The van der Waals surface area contributed by atoms with Crippen LogP contribution in [-0.2, 0) is 33.3 Å². The highest BCUT2D eigenvalue weighted by Crippen LogP contribution is 2.51. The summed E-state index contributed by atoms with van der Waals surface area (Å²) in [5.41, 5.74) is -1.91. The van der Waals surface area contributed by atoms with E-state index in [1.807, 2.05) is 13.0 Å². The topological polar surface area (TPSA) is 100 Å². The average molecular weight is 614 g/mol. The van der Waals surface area contributed by atoms with Crippen molar-refractivity contribution < 1.29 is 55.3 Å². The van der Waals surface area contributed by atoms with Gasteiger partial charge in [0.05, 0.1) is 48.0 Å². The molecule has 3 heterocycles. The maximum atomic E-state index is 13.6. The second-order valence-electron chi connectivity index (χ2n) is 10.9. The van der Waals surface area contributed by atoms with Crippen LogP contribution in [0.25, 0.3) is 6.08 Å². The van der Waals surface area contributed by atoms with Gasteiger partial charge in [-0.25, -0.2) is 4.90 Å². The van der Waals surface area contributed by atoms with Gasteiger partial charge in [-0.15, -0.1) is 0 Å². The molecule has 7 nitrogen and oxygen atoms in total. The molecule has 0 radical (unpaired) electrons. The number of aliphatic hydroxyl groups excluding tert-OH is 2. The second kappa shape index (κ2) is 11.6. The molecular formula is C30H29F6NO6. The number of ether oxygens (including phenoxy) is 1. The van der Waals surface area contributed by atoms with Crippen molar-refractivity contribution in [3.05, 3.63) is 69.7 Å². The first kappa shape index (κ1) is 31.0. The van der Waals surface area contributed by atoms with E-state index in [1.54, 1.807) is 12.1 Å². The summed E-state index contributed by atoms with van der Waals surface area (Å²) in [6.07, 6.45) is -7.31. The lowest BCUT2D eigenvalue weighted by Crippen LogP contribution is -2.35. The molecule has 13 heteroatoms. The van der Waals surface area contributed by atoms with E-state index >= 15 is 0 Å². The monoisotopic (exact) mass is 613 g/mol. The molecule has 2 N–H and O–H groups in total. The number of halogens is 6. The number of rotatable bonds is 8. The molecule has 2 amide bonds. The van der Waals surface area contributed by atoms with E-state index < -0.39 is 71.4 Å². The van der Waals surface area contributed by atoms with Crippen molar-refractivity contribution in [3.63, 3.8) is 0 Å². The van der Waals surface area contributed by atoms with Gasteiger partial charge >= 0.3 is 12.4 Å². The van der Waals surface area contributed by atoms with Gasteiger partial charge in [0.1, 0.15) is 18.1 Å². The van der Waals surface area contributed by atoms with Crippen LogP contribution in [-0.4, -0.2) is 41.3 Å². The Morgan fingerprint density at radius 1 is 0.977 bits per heavy atom. The average Bonchev–Trinajstić information content (AvgIpc) is 3.65. The van der Waals surface area contributed by atoms with Crippen LogP contribution in [0.5, 0.6) is 0 Å².